The maximum atomic E-state index is 12.7. The lowest BCUT2D eigenvalue weighted by Crippen LogP contribution is -2.12. The lowest BCUT2D eigenvalue weighted by molar-refractivity contribution is -0.116. The Balaban J connectivity index is 1.32. The van der Waals surface area contributed by atoms with E-state index in [0.717, 1.165) is 18.5 Å². The predicted molar refractivity (Wildman–Crippen MR) is 113 cm³/mol. The Bertz CT molecular complexity index is 1340. The Morgan fingerprint density at radius 3 is 2.71 bits per heavy atom. The highest BCUT2D eigenvalue weighted by Gasteiger charge is 2.24. The van der Waals surface area contributed by atoms with Gasteiger partial charge in [0.2, 0.25) is 11.9 Å². The van der Waals surface area contributed by atoms with Crippen molar-refractivity contribution in [3.05, 3.63) is 61.2 Å². The molecule has 2 heterocycles. The molecule has 0 spiro atoms. The van der Waals surface area contributed by atoms with Crippen LogP contribution >= 0.6 is 0 Å². The number of rotatable bonds is 7. The summed E-state index contributed by atoms with van der Waals surface area (Å²) in [4.78, 5) is 23.3. The molecule has 1 fully saturated rings. The van der Waals surface area contributed by atoms with Gasteiger partial charge in [-0.3, -0.25) is 10.1 Å². The molecular formula is C21H19N5O4S. The minimum Gasteiger partial charge on any atom is -0.379 e. The molecule has 2 aromatic carbocycles. The minimum atomic E-state index is -4.02. The topological polar surface area (TPSA) is 119 Å². The standard InChI is InChI=1S/C21H19N5O4S/c27-20(11-14-1-2-14)25-21-23-18-8-5-16(12-19(18)24-21)30-31(28,29)17-6-3-15(4-7-17)26-10-9-22-13-26/h3-10,12-14H,1-2,11H2,(H2,23,24,25,27). The van der Waals surface area contributed by atoms with Crippen molar-refractivity contribution in [1.82, 2.24) is 19.5 Å². The van der Waals surface area contributed by atoms with Crippen LogP contribution in [0.3, 0.4) is 0 Å². The number of amides is 1. The summed E-state index contributed by atoms with van der Waals surface area (Å²) in [5.74, 6) is 0.854. The van der Waals surface area contributed by atoms with E-state index in [1.165, 1.54) is 24.3 Å². The quantitative estimate of drug-likeness (QED) is 0.428. The molecule has 9 nitrogen and oxygen atoms in total. The molecule has 0 unspecified atom stereocenters. The number of anilines is 1. The van der Waals surface area contributed by atoms with E-state index < -0.39 is 10.1 Å². The third-order valence-electron chi connectivity index (χ3n) is 5.02. The summed E-state index contributed by atoms with van der Waals surface area (Å²) < 4.78 is 32.4. The number of carbonyl (C=O) groups excluding carboxylic acids is 1. The van der Waals surface area contributed by atoms with Crippen LogP contribution in [0.2, 0.25) is 0 Å². The van der Waals surface area contributed by atoms with Crippen LogP contribution in [0.5, 0.6) is 5.75 Å². The van der Waals surface area contributed by atoms with Crippen molar-refractivity contribution in [2.24, 2.45) is 5.92 Å². The number of carbonyl (C=O) groups is 1. The van der Waals surface area contributed by atoms with Crippen molar-refractivity contribution < 1.29 is 17.4 Å². The van der Waals surface area contributed by atoms with E-state index in [1.54, 1.807) is 41.5 Å². The fourth-order valence-corrected chi connectivity index (χ4v) is 4.16. The predicted octanol–water partition coefficient (Wildman–Crippen LogP) is 3.25. The first-order chi connectivity index (χ1) is 15.0. The van der Waals surface area contributed by atoms with Gasteiger partial charge in [0.1, 0.15) is 10.6 Å². The fraction of sp³-hybridized carbons (Fsp3) is 0.190. The van der Waals surface area contributed by atoms with Gasteiger partial charge in [-0.2, -0.15) is 8.42 Å². The molecule has 4 aromatic rings. The van der Waals surface area contributed by atoms with Gasteiger partial charge in [-0.05, 0) is 55.2 Å². The largest absolute Gasteiger partial charge is 0.379 e. The summed E-state index contributed by atoms with van der Waals surface area (Å²) in [5.41, 5.74) is 1.94. The summed E-state index contributed by atoms with van der Waals surface area (Å²) in [5, 5.41) is 2.74. The van der Waals surface area contributed by atoms with Gasteiger partial charge in [0.15, 0.2) is 0 Å². The van der Waals surface area contributed by atoms with Crippen LogP contribution in [0.25, 0.3) is 16.7 Å². The molecule has 0 atom stereocenters. The van der Waals surface area contributed by atoms with Crippen molar-refractivity contribution in [1.29, 1.82) is 0 Å². The number of fused-ring (bicyclic) bond motifs is 1. The number of hydrogen-bond donors (Lipinski definition) is 2. The van der Waals surface area contributed by atoms with Crippen LogP contribution in [0.4, 0.5) is 5.95 Å². The molecule has 31 heavy (non-hydrogen) atoms. The van der Waals surface area contributed by atoms with Gasteiger partial charge in [-0.25, -0.2) is 9.97 Å². The monoisotopic (exact) mass is 437 g/mol. The average molecular weight is 437 g/mol. The van der Waals surface area contributed by atoms with Crippen molar-refractivity contribution in [3.63, 3.8) is 0 Å². The van der Waals surface area contributed by atoms with Crippen LogP contribution in [-0.2, 0) is 14.9 Å². The number of aromatic nitrogens is 4. The Hall–Kier alpha value is -3.66. The van der Waals surface area contributed by atoms with Crippen molar-refractivity contribution in [3.8, 4) is 11.4 Å². The smallest absolute Gasteiger partial charge is 0.339 e. The highest BCUT2D eigenvalue weighted by atomic mass is 32.2. The molecule has 1 aliphatic carbocycles. The Kier molecular flexibility index (Phi) is 4.70. The van der Waals surface area contributed by atoms with Crippen LogP contribution < -0.4 is 9.50 Å². The molecule has 158 valence electrons. The molecule has 5 rings (SSSR count). The number of hydrogen-bond acceptors (Lipinski definition) is 6. The minimum absolute atomic E-state index is 0.0338. The van der Waals surface area contributed by atoms with Gasteiger partial charge in [0, 0.05) is 30.6 Å². The second-order valence-corrected chi connectivity index (χ2v) is 9.01. The van der Waals surface area contributed by atoms with Crippen LogP contribution in [0.1, 0.15) is 19.3 Å². The number of nitrogens with zero attached hydrogens (tertiary/aromatic N) is 3. The number of H-pyrrole nitrogens is 1. The van der Waals surface area contributed by atoms with Crippen molar-refractivity contribution in [2.75, 3.05) is 5.32 Å². The van der Waals surface area contributed by atoms with E-state index in [4.69, 9.17) is 4.18 Å². The Morgan fingerprint density at radius 2 is 2.00 bits per heavy atom. The fourth-order valence-electron chi connectivity index (χ4n) is 3.24. The lowest BCUT2D eigenvalue weighted by Gasteiger charge is -2.08. The first kappa shape index (κ1) is 19.3. The number of benzene rings is 2. The van der Waals surface area contributed by atoms with Crippen molar-refractivity contribution >= 4 is 33.0 Å². The van der Waals surface area contributed by atoms with Gasteiger partial charge >= 0.3 is 10.1 Å². The molecule has 10 heteroatoms. The molecule has 1 saturated carbocycles. The van der Waals surface area contributed by atoms with E-state index >= 15 is 0 Å². The normalized spacial score (nSPS) is 13.9. The van der Waals surface area contributed by atoms with E-state index in [-0.39, 0.29) is 16.6 Å². The maximum Gasteiger partial charge on any atom is 0.339 e. The SMILES string of the molecule is O=C(CC1CC1)Nc1nc2cc(OS(=O)(=O)c3ccc(-n4ccnc4)cc3)ccc2[nH]1. The van der Waals surface area contributed by atoms with Gasteiger partial charge in [-0.1, -0.05) is 0 Å². The summed E-state index contributed by atoms with van der Waals surface area (Å²) in [6, 6.07) is 11.0. The molecule has 1 aliphatic rings. The van der Waals surface area contributed by atoms with E-state index in [9.17, 15) is 13.2 Å². The maximum absolute atomic E-state index is 12.7. The van der Waals surface area contributed by atoms with E-state index in [2.05, 4.69) is 20.3 Å². The second kappa shape index (κ2) is 7.55. The Morgan fingerprint density at radius 1 is 1.19 bits per heavy atom. The molecule has 0 radical (unpaired) electrons. The molecular weight excluding hydrogens is 418 g/mol. The molecule has 0 bridgehead atoms. The Labute approximate surface area is 178 Å². The zero-order chi connectivity index (χ0) is 21.4. The van der Waals surface area contributed by atoms with Crippen LogP contribution in [0.15, 0.2) is 66.1 Å². The highest BCUT2D eigenvalue weighted by molar-refractivity contribution is 7.87. The second-order valence-electron chi connectivity index (χ2n) is 7.46. The highest BCUT2D eigenvalue weighted by Crippen LogP contribution is 2.32. The summed E-state index contributed by atoms with van der Waals surface area (Å²) >= 11 is 0. The van der Waals surface area contributed by atoms with Gasteiger partial charge in [0.05, 0.1) is 17.4 Å². The number of imidazole rings is 2. The lowest BCUT2D eigenvalue weighted by atomic mass is 10.3. The molecule has 1 amide bonds. The molecule has 2 aromatic heterocycles. The number of aromatic amines is 1. The van der Waals surface area contributed by atoms with Gasteiger partial charge < -0.3 is 13.7 Å². The van der Waals surface area contributed by atoms with Gasteiger partial charge in [0.25, 0.3) is 0 Å². The zero-order valence-electron chi connectivity index (χ0n) is 16.4. The third-order valence-corrected chi connectivity index (χ3v) is 6.28. The van der Waals surface area contributed by atoms with E-state index in [0.29, 0.717) is 29.3 Å². The molecule has 0 aliphatic heterocycles. The summed E-state index contributed by atoms with van der Waals surface area (Å²) in [6.45, 7) is 0. The summed E-state index contributed by atoms with van der Waals surface area (Å²) in [7, 11) is -4.02. The molecule has 0 saturated heterocycles. The van der Waals surface area contributed by atoms with Gasteiger partial charge in [-0.15, -0.1) is 0 Å². The first-order valence-electron chi connectivity index (χ1n) is 9.79. The van der Waals surface area contributed by atoms with Crippen LogP contribution in [-0.4, -0.2) is 33.8 Å². The molecule has 2 N–H and O–H groups in total. The van der Waals surface area contributed by atoms with E-state index in [1.807, 2.05) is 0 Å². The summed E-state index contributed by atoms with van der Waals surface area (Å²) in [6.07, 6.45) is 7.71. The number of nitrogens with one attached hydrogen (secondary N) is 2. The van der Waals surface area contributed by atoms with Crippen molar-refractivity contribution in [2.45, 2.75) is 24.2 Å². The zero-order valence-corrected chi connectivity index (χ0v) is 17.2. The average Bonchev–Trinajstić information content (AvgIpc) is 3.23. The third kappa shape index (κ3) is 4.29. The first-order valence-corrected chi connectivity index (χ1v) is 11.2. The van der Waals surface area contributed by atoms with Crippen LogP contribution in [0, 0.1) is 5.92 Å².